The summed E-state index contributed by atoms with van der Waals surface area (Å²) in [6.45, 7) is 0. The molecule has 0 aliphatic heterocycles. The molecule has 2 N–H and O–H groups in total. The van der Waals surface area contributed by atoms with Gasteiger partial charge in [-0.1, -0.05) is 36.4 Å². The highest BCUT2D eigenvalue weighted by molar-refractivity contribution is 6.09. The number of carbonyl (C=O) groups excluding carboxylic acids is 1. The zero-order valence-electron chi connectivity index (χ0n) is 12.2. The minimum atomic E-state index is -0.461. The average Bonchev–Trinajstić information content (AvgIpc) is 2.54. The number of rotatable bonds is 5. The van der Waals surface area contributed by atoms with Crippen molar-refractivity contribution in [2.75, 3.05) is 14.2 Å². The first-order valence-electron chi connectivity index (χ1n) is 6.52. The average molecular weight is 300 g/mol. The van der Waals surface area contributed by atoms with E-state index in [4.69, 9.17) is 9.47 Å². The third kappa shape index (κ3) is 3.03. The van der Waals surface area contributed by atoms with Crippen molar-refractivity contribution in [2.24, 2.45) is 0 Å². The Morgan fingerprint density at radius 1 is 1.05 bits per heavy atom. The highest BCUT2D eigenvalue weighted by Gasteiger charge is 2.21. The van der Waals surface area contributed by atoms with Crippen LogP contribution >= 0.6 is 0 Å². The van der Waals surface area contributed by atoms with Crippen molar-refractivity contribution in [1.82, 2.24) is 0 Å². The van der Waals surface area contributed by atoms with Crippen LogP contribution in [0.25, 0.3) is 6.08 Å². The van der Waals surface area contributed by atoms with E-state index in [-0.39, 0.29) is 28.6 Å². The summed E-state index contributed by atoms with van der Waals surface area (Å²) in [4.78, 5) is 12.2. The molecule has 5 nitrogen and oxygen atoms in total. The molecule has 0 aliphatic carbocycles. The number of benzene rings is 2. The molecule has 0 fully saturated rings. The summed E-state index contributed by atoms with van der Waals surface area (Å²) in [5, 5.41) is 20.0. The van der Waals surface area contributed by atoms with Gasteiger partial charge in [-0.25, -0.2) is 0 Å². The molecule has 0 heterocycles. The zero-order valence-corrected chi connectivity index (χ0v) is 12.2. The van der Waals surface area contributed by atoms with Crippen LogP contribution in [0.1, 0.15) is 15.9 Å². The lowest BCUT2D eigenvalue weighted by Gasteiger charge is -2.13. The number of methoxy groups -OCH3 is 2. The predicted molar refractivity (Wildman–Crippen MR) is 82.7 cm³/mol. The van der Waals surface area contributed by atoms with Crippen LogP contribution in [0.2, 0.25) is 0 Å². The number of allylic oxidation sites excluding steroid dienone is 1. The second kappa shape index (κ2) is 6.67. The molecule has 0 bridgehead atoms. The molecule has 0 spiro atoms. The fourth-order valence-corrected chi connectivity index (χ4v) is 2.02. The van der Waals surface area contributed by atoms with E-state index < -0.39 is 5.78 Å². The third-order valence-electron chi connectivity index (χ3n) is 3.09. The Balaban J connectivity index is 2.38. The van der Waals surface area contributed by atoms with Gasteiger partial charge in [-0.05, 0) is 17.7 Å². The van der Waals surface area contributed by atoms with E-state index in [0.29, 0.717) is 0 Å². The van der Waals surface area contributed by atoms with Crippen molar-refractivity contribution >= 4 is 11.9 Å². The monoisotopic (exact) mass is 300 g/mol. The number of phenolic OH excluding ortho intramolecular Hbond substituents is 2. The fraction of sp³-hybridized carbons (Fsp3) is 0.118. The van der Waals surface area contributed by atoms with E-state index in [1.165, 1.54) is 20.3 Å². The Hall–Kier alpha value is -2.95. The summed E-state index contributed by atoms with van der Waals surface area (Å²) in [6.07, 6.45) is 2.94. The summed E-state index contributed by atoms with van der Waals surface area (Å²) in [7, 11) is 2.64. The second-order valence-corrected chi connectivity index (χ2v) is 4.47. The predicted octanol–water partition coefficient (Wildman–Crippen LogP) is 3.01. The SMILES string of the molecule is COc1c(O)cc(C(=O)C=Cc2ccccc2)c(O)c1OC. The maximum atomic E-state index is 12.2. The minimum absolute atomic E-state index is 0.0245. The van der Waals surface area contributed by atoms with Crippen molar-refractivity contribution < 1.29 is 24.5 Å². The maximum Gasteiger partial charge on any atom is 0.207 e. The summed E-state index contributed by atoms with van der Waals surface area (Å²) in [5.74, 6) is -1.23. The molecule has 114 valence electrons. The number of aromatic hydroxyl groups is 2. The van der Waals surface area contributed by atoms with E-state index in [1.54, 1.807) is 6.08 Å². The number of carbonyl (C=O) groups is 1. The Morgan fingerprint density at radius 3 is 2.27 bits per heavy atom. The molecular formula is C17H16O5. The van der Waals surface area contributed by atoms with Crippen molar-refractivity contribution in [1.29, 1.82) is 0 Å². The molecule has 0 unspecified atom stereocenters. The number of ether oxygens (including phenoxy) is 2. The molecule has 0 radical (unpaired) electrons. The molecule has 2 aromatic rings. The summed E-state index contributed by atoms with van der Waals surface area (Å²) in [5.41, 5.74) is 0.780. The van der Waals surface area contributed by atoms with Gasteiger partial charge in [0.1, 0.15) is 0 Å². The van der Waals surface area contributed by atoms with Gasteiger partial charge in [-0.15, -0.1) is 0 Å². The Labute approximate surface area is 128 Å². The van der Waals surface area contributed by atoms with Crippen LogP contribution in [0, 0.1) is 0 Å². The lowest BCUT2D eigenvalue weighted by molar-refractivity contribution is 0.104. The smallest absolute Gasteiger partial charge is 0.207 e. The summed E-state index contributed by atoms with van der Waals surface area (Å²) in [6, 6.07) is 10.4. The highest BCUT2D eigenvalue weighted by atomic mass is 16.5. The van der Waals surface area contributed by atoms with Gasteiger partial charge in [0.05, 0.1) is 19.8 Å². The molecule has 0 aliphatic rings. The standard InChI is InChI=1S/C17H16O5/c1-21-16-14(19)10-12(15(20)17(16)22-2)13(18)9-8-11-6-4-3-5-7-11/h3-10,19-20H,1-2H3. The molecule has 2 aromatic carbocycles. The Morgan fingerprint density at radius 2 is 1.68 bits per heavy atom. The first-order valence-corrected chi connectivity index (χ1v) is 6.52. The molecule has 5 heteroatoms. The summed E-state index contributed by atoms with van der Waals surface area (Å²) >= 11 is 0. The van der Waals surface area contributed by atoms with Gasteiger partial charge >= 0.3 is 0 Å². The first-order chi connectivity index (χ1) is 10.6. The number of phenols is 2. The van der Waals surface area contributed by atoms with Crippen LogP contribution in [0.5, 0.6) is 23.0 Å². The van der Waals surface area contributed by atoms with E-state index in [9.17, 15) is 15.0 Å². The van der Waals surface area contributed by atoms with E-state index in [1.807, 2.05) is 30.3 Å². The van der Waals surface area contributed by atoms with Crippen LogP contribution in [-0.2, 0) is 0 Å². The minimum Gasteiger partial charge on any atom is -0.504 e. The van der Waals surface area contributed by atoms with Gasteiger partial charge in [0.25, 0.3) is 0 Å². The van der Waals surface area contributed by atoms with Crippen LogP contribution in [0.15, 0.2) is 42.5 Å². The molecule has 0 saturated heterocycles. The van der Waals surface area contributed by atoms with Crippen LogP contribution in [0.3, 0.4) is 0 Å². The van der Waals surface area contributed by atoms with Crippen molar-refractivity contribution in [3.8, 4) is 23.0 Å². The van der Waals surface area contributed by atoms with Crippen LogP contribution in [0.4, 0.5) is 0 Å². The van der Waals surface area contributed by atoms with Crippen molar-refractivity contribution in [2.45, 2.75) is 0 Å². The van der Waals surface area contributed by atoms with Gasteiger partial charge < -0.3 is 19.7 Å². The molecule has 22 heavy (non-hydrogen) atoms. The zero-order chi connectivity index (χ0) is 16.1. The number of hydrogen-bond donors (Lipinski definition) is 2. The Bertz CT molecular complexity index is 705. The molecule has 2 rings (SSSR count). The van der Waals surface area contributed by atoms with Crippen molar-refractivity contribution in [3.05, 3.63) is 53.6 Å². The maximum absolute atomic E-state index is 12.2. The largest absolute Gasteiger partial charge is 0.504 e. The lowest BCUT2D eigenvalue weighted by atomic mass is 10.1. The Kier molecular flexibility index (Phi) is 4.68. The quantitative estimate of drug-likeness (QED) is 0.504. The normalized spacial score (nSPS) is 10.6. The molecular weight excluding hydrogens is 284 g/mol. The molecule has 0 saturated carbocycles. The van der Waals surface area contributed by atoms with Gasteiger partial charge in [0.2, 0.25) is 11.5 Å². The topological polar surface area (TPSA) is 76.0 Å². The van der Waals surface area contributed by atoms with Gasteiger partial charge in [-0.3, -0.25) is 4.79 Å². The third-order valence-corrected chi connectivity index (χ3v) is 3.09. The first kappa shape index (κ1) is 15.4. The second-order valence-electron chi connectivity index (χ2n) is 4.47. The van der Waals surface area contributed by atoms with Gasteiger partial charge in [0, 0.05) is 0 Å². The van der Waals surface area contributed by atoms with Gasteiger partial charge in [-0.2, -0.15) is 0 Å². The number of ketones is 1. The van der Waals surface area contributed by atoms with Crippen molar-refractivity contribution in [3.63, 3.8) is 0 Å². The van der Waals surface area contributed by atoms with E-state index >= 15 is 0 Å². The number of hydrogen-bond acceptors (Lipinski definition) is 5. The summed E-state index contributed by atoms with van der Waals surface area (Å²) < 4.78 is 9.94. The molecule has 0 aromatic heterocycles. The fourth-order valence-electron chi connectivity index (χ4n) is 2.02. The van der Waals surface area contributed by atoms with Gasteiger partial charge in [0.15, 0.2) is 17.3 Å². The lowest BCUT2D eigenvalue weighted by Crippen LogP contribution is -1.99. The van der Waals surface area contributed by atoms with Crippen LogP contribution < -0.4 is 9.47 Å². The van der Waals surface area contributed by atoms with E-state index in [0.717, 1.165) is 11.6 Å². The molecule has 0 atom stereocenters. The van der Waals surface area contributed by atoms with E-state index in [2.05, 4.69) is 0 Å². The molecule has 0 amide bonds. The van der Waals surface area contributed by atoms with Crippen LogP contribution in [-0.4, -0.2) is 30.2 Å². The highest BCUT2D eigenvalue weighted by Crippen LogP contribution is 2.45.